The van der Waals surface area contributed by atoms with Gasteiger partial charge in [0.1, 0.15) is 19.2 Å². The van der Waals surface area contributed by atoms with Crippen molar-refractivity contribution in [1.82, 2.24) is 29.1 Å². The second kappa shape index (κ2) is 6.98. The van der Waals surface area contributed by atoms with E-state index >= 15 is 0 Å². The number of alkyl halides is 2. The van der Waals surface area contributed by atoms with E-state index in [0.29, 0.717) is 45.2 Å². The third-order valence-electron chi connectivity index (χ3n) is 7.48. The fourth-order valence-corrected chi connectivity index (χ4v) is 5.81. The molecule has 33 heavy (non-hydrogen) atoms. The summed E-state index contributed by atoms with van der Waals surface area (Å²) in [5, 5.41) is 8.26. The second-order valence-corrected chi connectivity index (χ2v) is 9.95. The molecule has 168 valence electrons. The van der Waals surface area contributed by atoms with Crippen LogP contribution in [0.25, 0.3) is 27.9 Å². The van der Waals surface area contributed by atoms with Crippen LogP contribution in [0.2, 0.25) is 0 Å². The van der Waals surface area contributed by atoms with Gasteiger partial charge < -0.3 is 9.88 Å². The molecule has 7 nitrogen and oxygen atoms in total. The van der Waals surface area contributed by atoms with Gasteiger partial charge in [0.2, 0.25) is 5.95 Å². The molecule has 0 atom stereocenters. The summed E-state index contributed by atoms with van der Waals surface area (Å²) in [6.07, 6.45) is 5.12. The van der Waals surface area contributed by atoms with Crippen molar-refractivity contribution in [1.29, 1.82) is 0 Å². The van der Waals surface area contributed by atoms with Crippen molar-refractivity contribution in [3.63, 3.8) is 0 Å². The van der Waals surface area contributed by atoms with Crippen LogP contribution in [0, 0.1) is 12.3 Å². The van der Waals surface area contributed by atoms with Crippen molar-refractivity contribution >= 4 is 36.1 Å². The van der Waals surface area contributed by atoms with E-state index in [2.05, 4.69) is 32.3 Å². The Labute approximate surface area is 191 Å². The first-order valence-electron chi connectivity index (χ1n) is 11.3. The first-order valence-corrected chi connectivity index (χ1v) is 11.3. The maximum Gasteiger partial charge on any atom is 0.256 e. The molecule has 2 saturated carbocycles. The SMILES string of the molecule is [B]c1cc(-c2ccc3nc(C)n(CC(F)F)c3n2)c2cnc(NC34CCC(C)(CC3)C4)nn12. The van der Waals surface area contributed by atoms with Crippen LogP contribution in [-0.4, -0.2) is 48.9 Å². The van der Waals surface area contributed by atoms with Gasteiger partial charge in [-0.3, -0.25) is 0 Å². The number of anilines is 1. The van der Waals surface area contributed by atoms with Gasteiger partial charge in [0, 0.05) is 11.1 Å². The molecule has 4 aromatic heterocycles. The van der Waals surface area contributed by atoms with Crippen LogP contribution in [0.5, 0.6) is 0 Å². The third kappa shape index (κ3) is 3.29. The number of hydrogen-bond donors (Lipinski definition) is 1. The van der Waals surface area contributed by atoms with Crippen molar-refractivity contribution in [3.8, 4) is 11.3 Å². The van der Waals surface area contributed by atoms with Crippen LogP contribution in [0.1, 0.15) is 44.9 Å². The standard InChI is InChI=1S/C23H24BF2N7/c1-13-28-16-4-3-15(29-20(16)32(13)11-19(25)26)14-9-18(24)33-17(14)10-27-21(31-33)30-23-7-5-22(2,12-23)6-8-23/h3-4,9-10,19H,5-8,11-12H2,1-2H3,(H,30,31). The lowest BCUT2D eigenvalue weighted by Gasteiger charge is -2.28. The van der Waals surface area contributed by atoms with Gasteiger partial charge in [0.25, 0.3) is 6.43 Å². The number of nitrogens with one attached hydrogen (secondary N) is 1. The van der Waals surface area contributed by atoms with E-state index in [4.69, 9.17) is 7.85 Å². The van der Waals surface area contributed by atoms with Gasteiger partial charge in [-0.2, -0.15) is 0 Å². The monoisotopic (exact) mass is 447 g/mol. The first-order chi connectivity index (χ1) is 15.7. The number of rotatable bonds is 5. The van der Waals surface area contributed by atoms with Crippen LogP contribution in [-0.2, 0) is 6.54 Å². The van der Waals surface area contributed by atoms with Gasteiger partial charge in [-0.25, -0.2) is 28.2 Å². The van der Waals surface area contributed by atoms with E-state index in [1.54, 1.807) is 29.8 Å². The lowest BCUT2D eigenvalue weighted by Crippen LogP contribution is -2.34. The van der Waals surface area contributed by atoms with E-state index in [1.165, 1.54) is 17.4 Å². The van der Waals surface area contributed by atoms with Crippen LogP contribution in [0.4, 0.5) is 14.7 Å². The third-order valence-corrected chi connectivity index (χ3v) is 7.48. The molecule has 2 aliphatic rings. The quantitative estimate of drug-likeness (QED) is 0.473. The number of hydrogen-bond acceptors (Lipinski definition) is 5. The molecule has 2 radical (unpaired) electrons. The van der Waals surface area contributed by atoms with Crippen molar-refractivity contribution in [2.45, 2.75) is 64.5 Å². The average Bonchev–Trinajstić information content (AvgIpc) is 3.47. The van der Waals surface area contributed by atoms with Gasteiger partial charge in [0.15, 0.2) is 5.65 Å². The Kier molecular flexibility index (Phi) is 4.35. The number of aryl methyl sites for hydroxylation is 1. The Morgan fingerprint density at radius 1 is 1.18 bits per heavy atom. The summed E-state index contributed by atoms with van der Waals surface area (Å²) in [6, 6.07) is 5.40. The molecule has 1 N–H and O–H groups in total. The van der Waals surface area contributed by atoms with Gasteiger partial charge in [-0.05, 0) is 68.2 Å². The first kappa shape index (κ1) is 20.6. The number of fused-ring (bicyclic) bond motifs is 4. The molecule has 2 bridgehead atoms. The topological polar surface area (TPSA) is 72.9 Å². The van der Waals surface area contributed by atoms with E-state index in [9.17, 15) is 8.78 Å². The van der Waals surface area contributed by atoms with Crippen LogP contribution < -0.4 is 10.9 Å². The van der Waals surface area contributed by atoms with Crippen LogP contribution in [0.3, 0.4) is 0 Å². The summed E-state index contributed by atoms with van der Waals surface area (Å²) in [7, 11) is 6.30. The fraction of sp³-hybridized carbons (Fsp3) is 0.478. The van der Waals surface area contributed by atoms with Gasteiger partial charge in [-0.15, -0.1) is 5.10 Å². The van der Waals surface area contributed by atoms with Crippen molar-refractivity contribution < 1.29 is 8.78 Å². The van der Waals surface area contributed by atoms with E-state index in [1.807, 2.05) is 6.07 Å². The minimum atomic E-state index is -2.49. The van der Waals surface area contributed by atoms with Gasteiger partial charge in [-0.1, -0.05) is 6.92 Å². The molecule has 6 rings (SSSR count). The molecule has 2 fully saturated rings. The highest BCUT2D eigenvalue weighted by molar-refractivity contribution is 6.32. The Balaban J connectivity index is 1.38. The van der Waals surface area contributed by atoms with E-state index < -0.39 is 13.0 Å². The predicted molar refractivity (Wildman–Crippen MR) is 123 cm³/mol. The summed E-state index contributed by atoms with van der Waals surface area (Å²) in [5.74, 6) is 1.07. The lowest BCUT2D eigenvalue weighted by molar-refractivity contribution is 0.127. The molecule has 4 heterocycles. The zero-order valence-electron chi connectivity index (χ0n) is 18.6. The number of pyridine rings is 1. The predicted octanol–water partition coefficient (Wildman–Crippen LogP) is 3.64. The lowest BCUT2D eigenvalue weighted by atomic mass is 9.86. The molecule has 4 aromatic rings. The normalized spacial score (nSPS) is 24.5. The molecular weight excluding hydrogens is 423 g/mol. The molecular formula is C23H24BF2N7. The highest BCUT2D eigenvalue weighted by Crippen LogP contribution is 2.57. The Bertz CT molecular complexity index is 1380. The molecule has 0 spiro atoms. The zero-order valence-corrected chi connectivity index (χ0v) is 18.6. The highest BCUT2D eigenvalue weighted by atomic mass is 19.3. The van der Waals surface area contributed by atoms with Crippen LogP contribution >= 0.6 is 0 Å². The minimum Gasteiger partial charge on any atom is -0.348 e. The molecule has 0 aliphatic heterocycles. The Morgan fingerprint density at radius 2 is 1.97 bits per heavy atom. The number of imidazole rings is 1. The molecule has 0 saturated heterocycles. The maximum atomic E-state index is 13.1. The van der Waals surface area contributed by atoms with E-state index in [-0.39, 0.29) is 5.54 Å². The van der Waals surface area contributed by atoms with Crippen molar-refractivity contribution in [2.24, 2.45) is 5.41 Å². The smallest absolute Gasteiger partial charge is 0.256 e. The van der Waals surface area contributed by atoms with Gasteiger partial charge >= 0.3 is 0 Å². The van der Waals surface area contributed by atoms with E-state index in [0.717, 1.165) is 24.8 Å². The Morgan fingerprint density at radius 3 is 2.67 bits per heavy atom. The largest absolute Gasteiger partial charge is 0.348 e. The fourth-order valence-electron chi connectivity index (χ4n) is 5.81. The zero-order chi connectivity index (χ0) is 23.0. The number of halogens is 2. The summed E-state index contributed by atoms with van der Waals surface area (Å²) >= 11 is 0. The molecule has 10 heteroatoms. The molecule has 0 aromatic carbocycles. The molecule has 0 unspecified atom stereocenters. The van der Waals surface area contributed by atoms with Crippen molar-refractivity contribution in [2.75, 3.05) is 5.32 Å². The second-order valence-electron chi connectivity index (χ2n) is 9.95. The summed E-state index contributed by atoms with van der Waals surface area (Å²) < 4.78 is 29.3. The summed E-state index contributed by atoms with van der Waals surface area (Å²) in [5.41, 5.74) is 4.03. The molecule has 0 amide bonds. The summed E-state index contributed by atoms with van der Waals surface area (Å²) in [4.78, 5) is 13.6. The highest BCUT2D eigenvalue weighted by Gasteiger charge is 2.52. The van der Waals surface area contributed by atoms with Crippen molar-refractivity contribution in [3.05, 3.63) is 30.2 Å². The maximum absolute atomic E-state index is 13.1. The average molecular weight is 447 g/mol. The summed E-state index contributed by atoms with van der Waals surface area (Å²) in [6.45, 7) is 3.62. The Hall–Kier alpha value is -3.04. The number of aromatic nitrogens is 6. The van der Waals surface area contributed by atoms with Crippen LogP contribution in [0.15, 0.2) is 24.4 Å². The van der Waals surface area contributed by atoms with Gasteiger partial charge in [0.05, 0.1) is 24.0 Å². The number of nitrogens with zero attached hydrogens (tertiary/aromatic N) is 6. The molecule has 2 aliphatic carbocycles. The minimum absolute atomic E-state index is 0.0702.